The molecule has 0 amide bonds. The zero-order chi connectivity index (χ0) is 12.9. The Morgan fingerprint density at radius 3 is 1.81 bits per heavy atom. The Morgan fingerprint density at radius 1 is 0.938 bits per heavy atom. The molecule has 0 heterocycles. The van der Waals surface area contributed by atoms with Gasteiger partial charge in [-0.3, -0.25) is 0 Å². The van der Waals surface area contributed by atoms with Crippen molar-refractivity contribution in [3.63, 3.8) is 0 Å². The average molecular weight is 262 g/mol. The summed E-state index contributed by atoms with van der Waals surface area (Å²) in [7, 11) is -3.45. The lowest BCUT2D eigenvalue weighted by Crippen LogP contribution is -2.50. The van der Waals surface area contributed by atoms with E-state index in [4.69, 9.17) is 30.6 Å². The quantitative estimate of drug-likeness (QED) is 0.176. The zero-order valence-corrected chi connectivity index (χ0v) is 8.84. The third-order valence-electron chi connectivity index (χ3n) is 1.77. The monoisotopic (exact) mass is 262 g/mol. The van der Waals surface area contributed by atoms with Crippen molar-refractivity contribution in [1.29, 1.82) is 0 Å². The molecule has 0 aromatic carbocycles. The summed E-state index contributed by atoms with van der Waals surface area (Å²) in [4.78, 5) is 0. The molecule has 0 aromatic heterocycles. The highest BCUT2D eigenvalue weighted by molar-refractivity contribution is 7.67. The molecule has 0 spiro atoms. The SMILES string of the molecule is O=[SH](=O)OC(O)[C@H](O)[C@@H](O)[C@H](O)[C@H](O)CO. The Morgan fingerprint density at radius 2 is 1.44 bits per heavy atom. The van der Waals surface area contributed by atoms with Crippen LogP contribution in [0.15, 0.2) is 0 Å². The van der Waals surface area contributed by atoms with Gasteiger partial charge in [0.2, 0.25) is 6.29 Å². The number of rotatable bonds is 7. The Balaban J connectivity index is 4.41. The van der Waals surface area contributed by atoms with E-state index in [0.717, 1.165) is 0 Å². The van der Waals surface area contributed by atoms with Crippen molar-refractivity contribution in [3.8, 4) is 0 Å². The second kappa shape index (κ2) is 7.09. The fourth-order valence-electron chi connectivity index (χ4n) is 0.857. The van der Waals surface area contributed by atoms with Gasteiger partial charge in [0.05, 0.1) is 6.61 Å². The molecule has 0 aliphatic heterocycles. The molecule has 0 saturated carbocycles. The molecule has 1 unspecified atom stereocenters. The van der Waals surface area contributed by atoms with Crippen LogP contribution in [0.2, 0.25) is 0 Å². The first kappa shape index (κ1) is 15.7. The predicted octanol–water partition coefficient (Wildman–Crippen LogP) is -4.72. The molecule has 0 fully saturated rings. The second-order valence-corrected chi connectivity index (χ2v) is 3.60. The Bertz CT molecular complexity index is 259. The number of thiol groups is 1. The lowest BCUT2D eigenvalue weighted by molar-refractivity contribution is -0.178. The first-order valence-corrected chi connectivity index (χ1v) is 5.23. The Hall–Kier alpha value is -0.330. The van der Waals surface area contributed by atoms with Crippen LogP contribution in [0.4, 0.5) is 0 Å². The molecule has 0 rings (SSSR count). The van der Waals surface area contributed by atoms with E-state index in [0.29, 0.717) is 0 Å². The normalized spacial score (nSPS) is 21.4. The van der Waals surface area contributed by atoms with Crippen molar-refractivity contribution in [2.24, 2.45) is 0 Å². The van der Waals surface area contributed by atoms with E-state index in [9.17, 15) is 8.42 Å². The van der Waals surface area contributed by atoms with Crippen LogP contribution in [0.3, 0.4) is 0 Å². The fraction of sp³-hybridized carbons (Fsp3) is 1.00. The molecule has 10 heteroatoms. The number of hydrogen-bond donors (Lipinski definition) is 7. The summed E-state index contributed by atoms with van der Waals surface area (Å²) in [6.07, 6.45) is -10.3. The highest BCUT2D eigenvalue weighted by Crippen LogP contribution is 2.09. The first-order valence-electron chi connectivity index (χ1n) is 4.13. The van der Waals surface area contributed by atoms with Crippen LogP contribution in [0.1, 0.15) is 0 Å². The second-order valence-electron chi connectivity index (χ2n) is 2.94. The molecule has 0 radical (unpaired) electrons. The van der Waals surface area contributed by atoms with E-state index in [-0.39, 0.29) is 0 Å². The van der Waals surface area contributed by atoms with Crippen molar-refractivity contribution in [1.82, 2.24) is 0 Å². The van der Waals surface area contributed by atoms with Gasteiger partial charge in [0, 0.05) is 0 Å². The van der Waals surface area contributed by atoms with Crippen molar-refractivity contribution in [2.45, 2.75) is 30.7 Å². The molecule has 98 valence electrons. The summed E-state index contributed by atoms with van der Waals surface area (Å²) in [5.74, 6) is 0. The Labute approximate surface area is 92.3 Å². The zero-order valence-electron chi connectivity index (χ0n) is 7.95. The van der Waals surface area contributed by atoms with Crippen LogP contribution in [-0.2, 0) is 15.2 Å². The molecule has 0 aromatic rings. The van der Waals surface area contributed by atoms with Gasteiger partial charge in [-0.2, -0.15) is 0 Å². The molecule has 0 aliphatic carbocycles. The van der Waals surface area contributed by atoms with Crippen molar-refractivity contribution >= 4 is 11.0 Å². The largest absolute Gasteiger partial charge is 0.394 e. The van der Waals surface area contributed by atoms with Gasteiger partial charge in [-0.1, -0.05) is 0 Å². The van der Waals surface area contributed by atoms with Gasteiger partial charge >= 0.3 is 0 Å². The fourth-order valence-corrected chi connectivity index (χ4v) is 1.16. The standard InChI is InChI=1S/C6H14O9S/c7-1-2(8)3(9)4(10)5(11)6(12)15-16(13)14/h2-12,16H,1H2/t2-,3-,4+,5-,6?/m1/s1. The van der Waals surface area contributed by atoms with Gasteiger partial charge in [0.15, 0.2) is 0 Å². The van der Waals surface area contributed by atoms with Crippen LogP contribution < -0.4 is 0 Å². The summed E-state index contributed by atoms with van der Waals surface area (Å²) in [5, 5.41) is 53.6. The van der Waals surface area contributed by atoms with Crippen LogP contribution in [0.25, 0.3) is 0 Å². The smallest absolute Gasteiger partial charge is 0.259 e. The van der Waals surface area contributed by atoms with Gasteiger partial charge in [0.1, 0.15) is 24.4 Å². The maximum Gasteiger partial charge on any atom is 0.259 e. The summed E-state index contributed by atoms with van der Waals surface area (Å²) in [5.41, 5.74) is 0. The third kappa shape index (κ3) is 4.67. The first-order chi connectivity index (χ1) is 7.31. The van der Waals surface area contributed by atoms with Crippen molar-refractivity contribution in [3.05, 3.63) is 0 Å². The highest BCUT2D eigenvalue weighted by atomic mass is 32.2. The molecule has 0 bridgehead atoms. The van der Waals surface area contributed by atoms with Crippen LogP contribution in [-0.4, -0.2) is 76.4 Å². The van der Waals surface area contributed by atoms with E-state index in [1.54, 1.807) is 0 Å². The molecule has 5 atom stereocenters. The summed E-state index contributed by atoms with van der Waals surface area (Å²) >= 11 is 0. The van der Waals surface area contributed by atoms with Gasteiger partial charge in [-0.05, 0) is 0 Å². The molecular weight excluding hydrogens is 248 g/mol. The van der Waals surface area contributed by atoms with E-state index < -0.39 is 48.3 Å². The Kier molecular flexibility index (Phi) is 6.94. The minimum Gasteiger partial charge on any atom is -0.394 e. The van der Waals surface area contributed by atoms with Crippen molar-refractivity contribution in [2.75, 3.05) is 6.61 Å². The average Bonchev–Trinajstić information content (AvgIpc) is 2.23. The molecule has 9 nitrogen and oxygen atoms in total. The highest BCUT2D eigenvalue weighted by Gasteiger charge is 2.35. The van der Waals surface area contributed by atoms with Crippen LogP contribution in [0.5, 0.6) is 0 Å². The molecule has 0 aliphatic rings. The maximum absolute atomic E-state index is 10.0. The molecule has 16 heavy (non-hydrogen) atoms. The number of hydrogen-bond acceptors (Lipinski definition) is 9. The van der Waals surface area contributed by atoms with Crippen molar-refractivity contribution < 1.29 is 43.2 Å². The lowest BCUT2D eigenvalue weighted by Gasteiger charge is -2.27. The van der Waals surface area contributed by atoms with E-state index >= 15 is 0 Å². The van der Waals surface area contributed by atoms with Crippen LogP contribution >= 0.6 is 0 Å². The van der Waals surface area contributed by atoms with Gasteiger partial charge in [-0.15, -0.1) is 0 Å². The summed E-state index contributed by atoms with van der Waals surface area (Å²) in [6, 6.07) is 0. The maximum atomic E-state index is 10.0. The van der Waals surface area contributed by atoms with E-state index in [2.05, 4.69) is 4.18 Å². The molecule has 0 saturated heterocycles. The third-order valence-corrected chi connectivity index (χ3v) is 2.16. The van der Waals surface area contributed by atoms with Gasteiger partial charge < -0.3 is 30.6 Å². The molecular formula is C6H14O9S. The predicted molar refractivity (Wildman–Crippen MR) is 48.5 cm³/mol. The van der Waals surface area contributed by atoms with Gasteiger partial charge in [-0.25, -0.2) is 12.6 Å². The van der Waals surface area contributed by atoms with Crippen LogP contribution in [0, 0.1) is 0 Å². The topological polar surface area (TPSA) is 165 Å². The summed E-state index contributed by atoms with van der Waals surface area (Å²) in [6.45, 7) is -0.891. The lowest BCUT2D eigenvalue weighted by atomic mass is 10.0. The number of aliphatic hydroxyl groups excluding tert-OH is 6. The van der Waals surface area contributed by atoms with E-state index in [1.807, 2.05) is 0 Å². The van der Waals surface area contributed by atoms with E-state index in [1.165, 1.54) is 0 Å². The minimum atomic E-state index is -3.45. The minimum absolute atomic E-state index is 0.891. The summed E-state index contributed by atoms with van der Waals surface area (Å²) < 4.78 is 23.8. The van der Waals surface area contributed by atoms with Gasteiger partial charge in [0.25, 0.3) is 11.0 Å². The molecule has 6 N–H and O–H groups in total. The number of aliphatic hydroxyl groups is 6.